The molecule has 106 valence electrons. The van der Waals surface area contributed by atoms with Crippen LogP contribution in [-0.4, -0.2) is 36.2 Å². The van der Waals surface area contributed by atoms with E-state index in [1.165, 1.54) is 0 Å². The molecule has 1 aromatic rings. The molecule has 0 radical (unpaired) electrons. The number of hydrogen-bond acceptors (Lipinski definition) is 5. The average molecular weight is 265 g/mol. The van der Waals surface area contributed by atoms with Gasteiger partial charge < -0.3 is 16.4 Å². The lowest BCUT2D eigenvalue weighted by atomic mass is 10.00. The summed E-state index contributed by atoms with van der Waals surface area (Å²) in [4.78, 5) is 11.3. The SMILES string of the molecule is CCCC(CCN)CNc1ccc(C(=O)NC)nn1. The number of hydrogen-bond donors (Lipinski definition) is 3. The summed E-state index contributed by atoms with van der Waals surface area (Å²) in [5.74, 6) is 1.01. The normalized spacial score (nSPS) is 11.9. The zero-order valence-corrected chi connectivity index (χ0v) is 11.6. The lowest BCUT2D eigenvalue weighted by Gasteiger charge is -2.15. The maximum atomic E-state index is 11.3. The van der Waals surface area contributed by atoms with E-state index >= 15 is 0 Å². The molecule has 1 unspecified atom stereocenters. The van der Waals surface area contributed by atoms with Crippen molar-refractivity contribution < 1.29 is 4.79 Å². The van der Waals surface area contributed by atoms with E-state index in [4.69, 9.17) is 5.73 Å². The van der Waals surface area contributed by atoms with Gasteiger partial charge in [0.05, 0.1) is 0 Å². The third-order valence-corrected chi connectivity index (χ3v) is 2.97. The van der Waals surface area contributed by atoms with Gasteiger partial charge in [-0.25, -0.2) is 0 Å². The van der Waals surface area contributed by atoms with Gasteiger partial charge >= 0.3 is 0 Å². The van der Waals surface area contributed by atoms with Gasteiger partial charge in [-0.2, -0.15) is 0 Å². The van der Waals surface area contributed by atoms with Gasteiger partial charge in [0, 0.05) is 13.6 Å². The summed E-state index contributed by atoms with van der Waals surface area (Å²) >= 11 is 0. The van der Waals surface area contributed by atoms with Crippen molar-refractivity contribution in [1.29, 1.82) is 0 Å². The Morgan fingerprint density at radius 2 is 2.16 bits per heavy atom. The number of aromatic nitrogens is 2. The minimum Gasteiger partial charge on any atom is -0.368 e. The molecule has 1 heterocycles. The number of nitrogens with zero attached hydrogens (tertiary/aromatic N) is 2. The van der Waals surface area contributed by atoms with Crippen molar-refractivity contribution in [2.75, 3.05) is 25.5 Å². The summed E-state index contributed by atoms with van der Waals surface area (Å²) < 4.78 is 0. The Labute approximate surface area is 114 Å². The summed E-state index contributed by atoms with van der Waals surface area (Å²) in [5.41, 5.74) is 5.92. The second-order valence-corrected chi connectivity index (χ2v) is 4.50. The van der Waals surface area contributed by atoms with Crippen molar-refractivity contribution >= 4 is 11.7 Å². The molecule has 6 nitrogen and oxygen atoms in total. The van der Waals surface area contributed by atoms with Gasteiger partial charge in [-0.15, -0.1) is 10.2 Å². The molecule has 1 amide bonds. The quantitative estimate of drug-likeness (QED) is 0.652. The number of anilines is 1. The maximum absolute atomic E-state index is 11.3. The van der Waals surface area contributed by atoms with Crippen LogP contribution in [0.3, 0.4) is 0 Å². The zero-order valence-electron chi connectivity index (χ0n) is 11.6. The van der Waals surface area contributed by atoms with Crippen LogP contribution in [0.25, 0.3) is 0 Å². The number of nitrogens with two attached hydrogens (primary N) is 1. The Balaban J connectivity index is 2.50. The monoisotopic (exact) mass is 265 g/mol. The molecular weight excluding hydrogens is 242 g/mol. The standard InChI is InChI=1S/C13H23N5O/c1-3-4-10(7-8-14)9-16-12-6-5-11(17-18-12)13(19)15-2/h5-6,10H,3-4,7-9,14H2,1-2H3,(H,15,19)(H,16,18). The smallest absolute Gasteiger partial charge is 0.271 e. The molecule has 0 fully saturated rings. The van der Waals surface area contributed by atoms with E-state index in [-0.39, 0.29) is 5.91 Å². The molecule has 19 heavy (non-hydrogen) atoms. The first-order chi connectivity index (χ1) is 9.21. The molecule has 0 aliphatic carbocycles. The van der Waals surface area contributed by atoms with E-state index in [9.17, 15) is 4.79 Å². The second-order valence-electron chi connectivity index (χ2n) is 4.50. The molecule has 0 spiro atoms. The molecule has 0 bridgehead atoms. The van der Waals surface area contributed by atoms with E-state index in [1.54, 1.807) is 19.2 Å². The number of rotatable bonds is 8. The first kappa shape index (κ1) is 15.4. The summed E-state index contributed by atoms with van der Waals surface area (Å²) in [6.07, 6.45) is 3.30. The Bertz CT molecular complexity index is 373. The summed E-state index contributed by atoms with van der Waals surface area (Å²) in [6, 6.07) is 3.43. The van der Waals surface area contributed by atoms with Crippen molar-refractivity contribution in [2.24, 2.45) is 11.7 Å². The zero-order chi connectivity index (χ0) is 14.1. The summed E-state index contributed by atoms with van der Waals surface area (Å²) in [7, 11) is 1.57. The van der Waals surface area contributed by atoms with Crippen LogP contribution < -0.4 is 16.4 Å². The fraction of sp³-hybridized carbons (Fsp3) is 0.615. The molecular formula is C13H23N5O. The van der Waals surface area contributed by atoms with Crippen LogP contribution in [0, 0.1) is 5.92 Å². The molecule has 4 N–H and O–H groups in total. The van der Waals surface area contributed by atoms with Crippen LogP contribution in [0.4, 0.5) is 5.82 Å². The van der Waals surface area contributed by atoms with Crippen LogP contribution in [0.15, 0.2) is 12.1 Å². The molecule has 0 saturated carbocycles. The number of nitrogens with one attached hydrogen (secondary N) is 2. The lowest BCUT2D eigenvalue weighted by molar-refractivity contribution is 0.0957. The van der Waals surface area contributed by atoms with Crippen LogP contribution in [-0.2, 0) is 0 Å². The van der Waals surface area contributed by atoms with Gasteiger partial charge in [0.25, 0.3) is 5.91 Å². The van der Waals surface area contributed by atoms with Crippen molar-refractivity contribution in [3.63, 3.8) is 0 Å². The Hall–Kier alpha value is -1.69. The highest BCUT2D eigenvalue weighted by molar-refractivity contribution is 5.91. The van der Waals surface area contributed by atoms with Gasteiger partial charge in [-0.1, -0.05) is 13.3 Å². The van der Waals surface area contributed by atoms with Crippen molar-refractivity contribution in [3.8, 4) is 0 Å². The third kappa shape index (κ3) is 5.21. The van der Waals surface area contributed by atoms with E-state index in [2.05, 4.69) is 27.8 Å². The van der Waals surface area contributed by atoms with Gasteiger partial charge in [0.15, 0.2) is 5.69 Å². The molecule has 0 aliphatic rings. The maximum Gasteiger partial charge on any atom is 0.271 e. The lowest BCUT2D eigenvalue weighted by Crippen LogP contribution is -2.21. The Morgan fingerprint density at radius 1 is 1.37 bits per heavy atom. The van der Waals surface area contributed by atoms with Gasteiger partial charge in [0.2, 0.25) is 0 Å². The molecule has 1 rings (SSSR count). The van der Waals surface area contributed by atoms with Crippen molar-refractivity contribution in [1.82, 2.24) is 15.5 Å². The molecule has 6 heteroatoms. The minimum absolute atomic E-state index is 0.231. The van der Waals surface area contributed by atoms with E-state index in [0.29, 0.717) is 24.0 Å². The molecule has 1 atom stereocenters. The molecule has 0 aliphatic heterocycles. The van der Waals surface area contributed by atoms with Gasteiger partial charge in [-0.3, -0.25) is 4.79 Å². The average Bonchev–Trinajstić information content (AvgIpc) is 2.45. The predicted octanol–water partition coefficient (Wildman–Crippen LogP) is 1.01. The molecule has 1 aromatic heterocycles. The highest BCUT2D eigenvalue weighted by atomic mass is 16.1. The van der Waals surface area contributed by atoms with Crippen LogP contribution >= 0.6 is 0 Å². The van der Waals surface area contributed by atoms with Crippen LogP contribution in [0.2, 0.25) is 0 Å². The second kappa shape index (κ2) is 8.42. The Kier molecular flexibility index (Phi) is 6.81. The topological polar surface area (TPSA) is 92.9 Å². The van der Waals surface area contributed by atoms with Crippen molar-refractivity contribution in [3.05, 3.63) is 17.8 Å². The predicted molar refractivity (Wildman–Crippen MR) is 76.0 cm³/mol. The molecule has 0 saturated heterocycles. The largest absolute Gasteiger partial charge is 0.368 e. The Morgan fingerprint density at radius 3 is 2.68 bits per heavy atom. The van der Waals surface area contributed by atoms with Gasteiger partial charge in [-0.05, 0) is 37.4 Å². The highest BCUT2D eigenvalue weighted by Crippen LogP contribution is 2.11. The molecule has 0 aromatic carbocycles. The van der Waals surface area contributed by atoms with Crippen molar-refractivity contribution in [2.45, 2.75) is 26.2 Å². The number of amides is 1. The van der Waals surface area contributed by atoms with Gasteiger partial charge in [0.1, 0.15) is 5.82 Å². The van der Waals surface area contributed by atoms with E-state index in [0.717, 1.165) is 25.8 Å². The van der Waals surface area contributed by atoms with Crippen LogP contribution in [0.1, 0.15) is 36.7 Å². The first-order valence-electron chi connectivity index (χ1n) is 6.71. The number of carbonyl (C=O) groups excluding carboxylic acids is 1. The number of carbonyl (C=O) groups is 1. The first-order valence-corrected chi connectivity index (χ1v) is 6.71. The third-order valence-electron chi connectivity index (χ3n) is 2.97. The fourth-order valence-corrected chi connectivity index (χ4v) is 1.92. The fourth-order valence-electron chi connectivity index (χ4n) is 1.92. The highest BCUT2D eigenvalue weighted by Gasteiger charge is 2.08. The summed E-state index contributed by atoms with van der Waals surface area (Å²) in [5, 5.41) is 13.6. The van der Waals surface area contributed by atoms with E-state index in [1.807, 2.05) is 0 Å². The van der Waals surface area contributed by atoms with E-state index < -0.39 is 0 Å². The minimum atomic E-state index is -0.231. The van der Waals surface area contributed by atoms with Crippen LogP contribution in [0.5, 0.6) is 0 Å². The summed E-state index contributed by atoms with van der Waals surface area (Å²) in [6.45, 7) is 3.70.